The summed E-state index contributed by atoms with van der Waals surface area (Å²) < 4.78 is 26.8. The van der Waals surface area contributed by atoms with Crippen LogP contribution < -0.4 is 0 Å². The Balaban J connectivity index is 2.27. The predicted octanol–water partition coefficient (Wildman–Crippen LogP) is 2.95. The van der Waals surface area contributed by atoms with Crippen molar-refractivity contribution in [1.82, 2.24) is 4.31 Å². The van der Waals surface area contributed by atoms with Crippen LogP contribution in [0.5, 0.6) is 0 Å². The molecule has 0 saturated carbocycles. The van der Waals surface area contributed by atoms with E-state index in [1.165, 1.54) is 0 Å². The second-order valence-electron chi connectivity index (χ2n) is 5.01. The fraction of sp³-hybridized carbons (Fsp3) is 0.571. The molecule has 1 atom stereocenters. The minimum Gasteiger partial charge on any atom is -0.207 e. The SMILES string of the molecule is CCC[C@@H]1CCCN1S(=O)(=O)c1ccc(C)cc1. The highest BCUT2D eigenvalue weighted by Crippen LogP contribution is 2.28. The molecule has 0 aromatic heterocycles. The van der Waals surface area contributed by atoms with Gasteiger partial charge in [-0.1, -0.05) is 31.0 Å². The molecule has 1 saturated heterocycles. The summed E-state index contributed by atoms with van der Waals surface area (Å²) in [6.45, 7) is 4.74. The molecule has 1 aromatic rings. The van der Waals surface area contributed by atoms with Gasteiger partial charge in [-0.05, 0) is 38.3 Å². The standard InChI is InChI=1S/C14H21NO2S/c1-3-5-13-6-4-11-15(13)18(16,17)14-9-7-12(2)8-10-14/h7-10,13H,3-6,11H2,1-2H3/t13-/m1/s1. The lowest BCUT2D eigenvalue weighted by atomic mass is 10.1. The van der Waals surface area contributed by atoms with Crippen LogP contribution >= 0.6 is 0 Å². The van der Waals surface area contributed by atoms with Crippen molar-refractivity contribution < 1.29 is 8.42 Å². The molecular weight excluding hydrogens is 246 g/mol. The van der Waals surface area contributed by atoms with Gasteiger partial charge in [0.2, 0.25) is 10.0 Å². The minimum atomic E-state index is -3.29. The third-order valence-electron chi connectivity index (χ3n) is 3.57. The summed E-state index contributed by atoms with van der Waals surface area (Å²) in [6, 6.07) is 7.34. The van der Waals surface area contributed by atoms with Gasteiger partial charge in [0.15, 0.2) is 0 Å². The largest absolute Gasteiger partial charge is 0.243 e. The van der Waals surface area contributed by atoms with E-state index >= 15 is 0 Å². The number of rotatable bonds is 4. The first kappa shape index (κ1) is 13.6. The molecule has 1 aromatic carbocycles. The first-order chi connectivity index (χ1) is 8.55. The van der Waals surface area contributed by atoms with Gasteiger partial charge in [0.25, 0.3) is 0 Å². The summed E-state index contributed by atoms with van der Waals surface area (Å²) in [4.78, 5) is 0.427. The molecule has 0 spiro atoms. The maximum atomic E-state index is 12.6. The van der Waals surface area contributed by atoms with Gasteiger partial charge in [0.05, 0.1) is 4.90 Å². The van der Waals surface area contributed by atoms with Crippen molar-refractivity contribution in [2.75, 3.05) is 6.54 Å². The molecule has 4 heteroatoms. The molecule has 100 valence electrons. The molecule has 1 aliphatic heterocycles. The molecule has 0 bridgehead atoms. The van der Waals surface area contributed by atoms with Crippen LogP contribution in [0.2, 0.25) is 0 Å². The van der Waals surface area contributed by atoms with Crippen LogP contribution in [-0.4, -0.2) is 25.3 Å². The summed E-state index contributed by atoms with van der Waals surface area (Å²) in [5.41, 5.74) is 1.08. The number of hydrogen-bond donors (Lipinski definition) is 0. The van der Waals surface area contributed by atoms with Crippen molar-refractivity contribution in [1.29, 1.82) is 0 Å². The van der Waals surface area contributed by atoms with Crippen LogP contribution in [0.15, 0.2) is 29.2 Å². The van der Waals surface area contributed by atoms with Crippen LogP contribution in [0.4, 0.5) is 0 Å². The van der Waals surface area contributed by atoms with Gasteiger partial charge in [-0.15, -0.1) is 0 Å². The molecule has 0 unspecified atom stereocenters. The van der Waals surface area contributed by atoms with Crippen LogP contribution in [-0.2, 0) is 10.0 Å². The molecule has 1 aliphatic rings. The zero-order chi connectivity index (χ0) is 13.2. The van der Waals surface area contributed by atoms with Crippen LogP contribution in [0.25, 0.3) is 0 Å². The van der Waals surface area contributed by atoms with E-state index in [2.05, 4.69) is 6.92 Å². The normalized spacial score (nSPS) is 21.3. The maximum Gasteiger partial charge on any atom is 0.243 e. The van der Waals surface area contributed by atoms with Crippen LogP contribution in [0, 0.1) is 6.92 Å². The zero-order valence-electron chi connectivity index (χ0n) is 11.1. The Bertz CT molecular complexity index is 493. The van der Waals surface area contributed by atoms with Crippen molar-refractivity contribution in [3.63, 3.8) is 0 Å². The molecule has 2 rings (SSSR count). The molecular formula is C14H21NO2S. The Labute approximate surface area is 110 Å². The Morgan fingerprint density at radius 2 is 1.94 bits per heavy atom. The Morgan fingerprint density at radius 3 is 2.56 bits per heavy atom. The summed E-state index contributed by atoms with van der Waals surface area (Å²) in [5, 5.41) is 0. The number of sulfonamides is 1. The smallest absolute Gasteiger partial charge is 0.207 e. The van der Waals surface area contributed by atoms with Gasteiger partial charge < -0.3 is 0 Å². The number of nitrogens with zero attached hydrogens (tertiary/aromatic N) is 1. The van der Waals surface area contributed by atoms with Gasteiger partial charge in [-0.3, -0.25) is 0 Å². The Kier molecular flexibility index (Phi) is 4.07. The maximum absolute atomic E-state index is 12.6. The number of benzene rings is 1. The number of aryl methyl sites for hydroxylation is 1. The van der Waals surface area contributed by atoms with E-state index < -0.39 is 10.0 Å². The average molecular weight is 267 g/mol. The quantitative estimate of drug-likeness (QED) is 0.841. The van der Waals surface area contributed by atoms with E-state index in [9.17, 15) is 8.42 Å². The molecule has 0 aliphatic carbocycles. The van der Waals surface area contributed by atoms with E-state index in [0.29, 0.717) is 11.4 Å². The Morgan fingerprint density at radius 1 is 1.28 bits per heavy atom. The minimum absolute atomic E-state index is 0.196. The van der Waals surface area contributed by atoms with Crippen molar-refractivity contribution in [2.24, 2.45) is 0 Å². The zero-order valence-corrected chi connectivity index (χ0v) is 11.9. The first-order valence-electron chi connectivity index (χ1n) is 6.64. The van der Waals surface area contributed by atoms with Crippen molar-refractivity contribution in [3.05, 3.63) is 29.8 Å². The molecule has 1 fully saturated rings. The highest BCUT2D eigenvalue weighted by Gasteiger charge is 2.34. The van der Waals surface area contributed by atoms with Gasteiger partial charge in [0.1, 0.15) is 0 Å². The number of hydrogen-bond acceptors (Lipinski definition) is 2. The van der Waals surface area contributed by atoms with Gasteiger partial charge in [0, 0.05) is 12.6 Å². The molecule has 18 heavy (non-hydrogen) atoms. The lowest BCUT2D eigenvalue weighted by molar-refractivity contribution is 0.368. The second kappa shape index (κ2) is 5.41. The molecule has 0 N–H and O–H groups in total. The van der Waals surface area contributed by atoms with Crippen molar-refractivity contribution in [3.8, 4) is 0 Å². The van der Waals surface area contributed by atoms with Gasteiger partial charge in [-0.25, -0.2) is 8.42 Å². The fourth-order valence-electron chi connectivity index (χ4n) is 2.59. The fourth-order valence-corrected chi connectivity index (χ4v) is 4.32. The van der Waals surface area contributed by atoms with Crippen molar-refractivity contribution in [2.45, 2.75) is 50.5 Å². The third kappa shape index (κ3) is 2.59. The first-order valence-corrected chi connectivity index (χ1v) is 8.08. The molecule has 1 heterocycles. The van der Waals surface area contributed by atoms with Gasteiger partial charge in [-0.2, -0.15) is 4.31 Å². The summed E-state index contributed by atoms with van der Waals surface area (Å²) in [5.74, 6) is 0. The highest BCUT2D eigenvalue weighted by atomic mass is 32.2. The van der Waals surface area contributed by atoms with Crippen LogP contribution in [0.1, 0.15) is 38.2 Å². The second-order valence-corrected chi connectivity index (χ2v) is 6.90. The predicted molar refractivity (Wildman–Crippen MR) is 73.0 cm³/mol. The van der Waals surface area contributed by atoms with E-state index in [0.717, 1.165) is 31.2 Å². The summed E-state index contributed by atoms with van der Waals surface area (Å²) in [6.07, 6.45) is 3.98. The average Bonchev–Trinajstić information content (AvgIpc) is 2.79. The van der Waals surface area contributed by atoms with E-state index in [-0.39, 0.29) is 6.04 Å². The monoisotopic (exact) mass is 267 g/mol. The summed E-state index contributed by atoms with van der Waals surface area (Å²) in [7, 11) is -3.29. The van der Waals surface area contributed by atoms with Crippen molar-refractivity contribution >= 4 is 10.0 Å². The lowest BCUT2D eigenvalue weighted by Crippen LogP contribution is -2.35. The molecule has 3 nitrogen and oxygen atoms in total. The summed E-state index contributed by atoms with van der Waals surface area (Å²) >= 11 is 0. The third-order valence-corrected chi connectivity index (χ3v) is 5.54. The lowest BCUT2D eigenvalue weighted by Gasteiger charge is -2.23. The van der Waals surface area contributed by atoms with E-state index in [1.807, 2.05) is 19.1 Å². The molecule has 0 amide bonds. The Hall–Kier alpha value is -0.870. The highest BCUT2D eigenvalue weighted by molar-refractivity contribution is 7.89. The van der Waals surface area contributed by atoms with E-state index in [4.69, 9.17) is 0 Å². The molecule has 0 radical (unpaired) electrons. The topological polar surface area (TPSA) is 37.4 Å². The van der Waals surface area contributed by atoms with E-state index in [1.54, 1.807) is 16.4 Å². The van der Waals surface area contributed by atoms with Gasteiger partial charge >= 0.3 is 0 Å². The van der Waals surface area contributed by atoms with Crippen LogP contribution in [0.3, 0.4) is 0 Å².